The highest BCUT2D eigenvalue weighted by atomic mass is 19.1. The number of aryl methyl sites for hydroxylation is 1. The SMILES string of the molecule is Cc1ccc(C2(C)NC(=O)N(Cc3ccc(F)c4cccnc34)C2=O)cc1. The van der Waals surface area contributed by atoms with Crippen LogP contribution in [0.3, 0.4) is 0 Å². The van der Waals surface area contributed by atoms with Crippen LogP contribution >= 0.6 is 0 Å². The summed E-state index contributed by atoms with van der Waals surface area (Å²) in [5.74, 6) is -0.728. The van der Waals surface area contributed by atoms with Crippen molar-refractivity contribution in [2.45, 2.75) is 25.9 Å². The number of nitrogens with zero attached hydrogens (tertiary/aromatic N) is 2. The van der Waals surface area contributed by atoms with Crippen LogP contribution in [0.25, 0.3) is 10.9 Å². The number of urea groups is 1. The maximum atomic E-state index is 14.0. The number of hydrogen-bond acceptors (Lipinski definition) is 3. The summed E-state index contributed by atoms with van der Waals surface area (Å²) in [7, 11) is 0. The molecule has 1 N–H and O–H groups in total. The maximum absolute atomic E-state index is 14.0. The summed E-state index contributed by atoms with van der Waals surface area (Å²) in [5.41, 5.74) is 1.72. The van der Waals surface area contributed by atoms with Gasteiger partial charge in [0, 0.05) is 11.6 Å². The molecule has 1 aliphatic heterocycles. The molecule has 1 saturated heterocycles. The van der Waals surface area contributed by atoms with Crippen molar-refractivity contribution in [3.63, 3.8) is 0 Å². The molecular formula is C21H18FN3O2. The van der Waals surface area contributed by atoms with Crippen LogP contribution < -0.4 is 5.32 Å². The van der Waals surface area contributed by atoms with Crippen molar-refractivity contribution >= 4 is 22.8 Å². The largest absolute Gasteiger partial charge is 0.325 e. The van der Waals surface area contributed by atoms with Crippen LogP contribution in [0.4, 0.5) is 9.18 Å². The summed E-state index contributed by atoms with van der Waals surface area (Å²) in [6.45, 7) is 3.68. The lowest BCUT2D eigenvalue weighted by Gasteiger charge is -2.22. The first kappa shape index (κ1) is 17.1. The minimum absolute atomic E-state index is 0.0277. The molecular weight excluding hydrogens is 345 g/mol. The van der Waals surface area contributed by atoms with E-state index in [-0.39, 0.29) is 18.3 Å². The number of nitrogens with one attached hydrogen (secondary N) is 1. The minimum atomic E-state index is -1.13. The zero-order chi connectivity index (χ0) is 19.2. The second-order valence-corrected chi connectivity index (χ2v) is 6.92. The number of amides is 3. The van der Waals surface area contributed by atoms with E-state index in [0.29, 0.717) is 16.5 Å². The number of pyridine rings is 1. The Kier molecular flexibility index (Phi) is 3.91. The van der Waals surface area contributed by atoms with Gasteiger partial charge in [-0.15, -0.1) is 0 Å². The van der Waals surface area contributed by atoms with Gasteiger partial charge in [0.2, 0.25) is 0 Å². The fourth-order valence-electron chi connectivity index (χ4n) is 3.42. The second kappa shape index (κ2) is 6.16. The third-order valence-corrected chi connectivity index (χ3v) is 5.03. The molecule has 5 nitrogen and oxygen atoms in total. The Bertz CT molecular complexity index is 1060. The molecule has 3 aromatic rings. The third kappa shape index (κ3) is 2.73. The van der Waals surface area contributed by atoms with Crippen molar-refractivity contribution in [2.75, 3.05) is 0 Å². The number of hydrogen-bond donors (Lipinski definition) is 1. The van der Waals surface area contributed by atoms with Gasteiger partial charge in [-0.3, -0.25) is 14.7 Å². The van der Waals surface area contributed by atoms with Gasteiger partial charge in [0.05, 0.1) is 12.1 Å². The molecule has 6 heteroatoms. The van der Waals surface area contributed by atoms with Gasteiger partial charge in [0.25, 0.3) is 5.91 Å². The molecule has 1 atom stereocenters. The van der Waals surface area contributed by atoms with Gasteiger partial charge in [-0.1, -0.05) is 35.9 Å². The molecule has 0 saturated carbocycles. The number of rotatable bonds is 3. The summed E-state index contributed by atoms with van der Waals surface area (Å²) in [4.78, 5) is 31.0. The molecule has 1 aromatic heterocycles. The molecule has 0 aliphatic carbocycles. The van der Waals surface area contributed by atoms with Crippen molar-refractivity contribution in [2.24, 2.45) is 0 Å². The predicted octanol–water partition coefficient (Wildman–Crippen LogP) is 3.65. The van der Waals surface area contributed by atoms with Gasteiger partial charge in [0.15, 0.2) is 0 Å². The fourth-order valence-corrected chi connectivity index (χ4v) is 3.42. The van der Waals surface area contributed by atoms with Gasteiger partial charge >= 0.3 is 6.03 Å². The van der Waals surface area contributed by atoms with E-state index in [9.17, 15) is 14.0 Å². The van der Waals surface area contributed by atoms with Crippen LogP contribution in [0, 0.1) is 12.7 Å². The molecule has 1 aliphatic rings. The van der Waals surface area contributed by atoms with Gasteiger partial charge in [-0.2, -0.15) is 0 Å². The summed E-state index contributed by atoms with van der Waals surface area (Å²) < 4.78 is 14.0. The molecule has 27 heavy (non-hydrogen) atoms. The topological polar surface area (TPSA) is 62.3 Å². The zero-order valence-corrected chi connectivity index (χ0v) is 15.0. The van der Waals surface area contributed by atoms with Crippen molar-refractivity contribution in [1.82, 2.24) is 15.2 Å². The van der Waals surface area contributed by atoms with E-state index in [1.807, 2.05) is 31.2 Å². The highest BCUT2D eigenvalue weighted by molar-refractivity contribution is 6.07. The van der Waals surface area contributed by atoms with E-state index in [2.05, 4.69) is 10.3 Å². The number of benzene rings is 2. The normalized spacial score (nSPS) is 19.6. The summed E-state index contributed by atoms with van der Waals surface area (Å²) in [6.07, 6.45) is 1.56. The summed E-state index contributed by atoms with van der Waals surface area (Å²) in [6, 6.07) is 13.2. The van der Waals surface area contributed by atoms with Crippen LogP contribution in [-0.2, 0) is 16.9 Å². The van der Waals surface area contributed by atoms with Crippen molar-refractivity contribution < 1.29 is 14.0 Å². The molecule has 0 radical (unpaired) electrons. The van der Waals surface area contributed by atoms with Crippen LogP contribution in [-0.4, -0.2) is 21.8 Å². The molecule has 0 bridgehead atoms. The molecule has 1 unspecified atom stereocenters. The Morgan fingerprint density at radius 2 is 1.85 bits per heavy atom. The predicted molar refractivity (Wildman–Crippen MR) is 99.3 cm³/mol. The Morgan fingerprint density at radius 3 is 2.59 bits per heavy atom. The fraction of sp³-hybridized carbons (Fsp3) is 0.190. The summed E-state index contributed by atoms with van der Waals surface area (Å²) >= 11 is 0. The summed E-state index contributed by atoms with van der Waals surface area (Å²) in [5, 5.41) is 3.15. The second-order valence-electron chi connectivity index (χ2n) is 6.92. The van der Waals surface area contributed by atoms with Crippen molar-refractivity contribution in [1.29, 1.82) is 0 Å². The van der Waals surface area contributed by atoms with Crippen LogP contribution in [0.5, 0.6) is 0 Å². The molecule has 136 valence electrons. The monoisotopic (exact) mass is 363 g/mol. The molecule has 1 fully saturated rings. The average molecular weight is 363 g/mol. The van der Waals surface area contributed by atoms with E-state index >= 15 is 0 Å². The lowest BCUT2D eigenvalue weighted by molar-refractivity contribution is -0.131. The zero-order valence-electron chi connectivity index (χ0n) is 15.0. The van der Waals surface area contributed by atoms with Gasteiger partial charge < -0.3 is 5.32 Å². The van der Waals surface area contributed by atoms with E-state index in [1.165, 1.54) is 6.07 Å². The lowest BCUT2D eigenvalue weighted by Crippen LogP contribution is -2.40. The number of aromatic nitrogens is 1. The molecule has 2 heterocycles. The maximum Gasteiger partial charge on any atom is 0.325 e. The quantitative estimate of drug-likeness (QED) is 0.723. The first-order valence-corrected chi connectivity index (χ1v) is 8.63. The number of fused-ring (bicyclic) bond motifs is 1. The Morgan fingerprint density at radius 1 is 1.11 bits per heavy atom. The highest BCUT2D eigenvalue weighted by Crippen LogP contribution is 2.31. The van der Waals surface area contributed by atoms with E-state index in [0.717, 1.165) is 16.0 Å². The minimum Gasteiger partial charge on any atom is -0.319 e. The number of carbonyl (C=O) groups excluding carboxylic acids is 2. The molecule has 4 rings (SSSR count). The van der Waals surface area contributed by atoms with Crippen LogP contribution in [0.1, 0.15) is 23.6 Å². The lowest BCUT2D eigenvalue weighted by atomic mass is 9.91. The molecule has 3 amide bonds. The van der Waals surface area contributed by atoms with E-state index < -0.39 is 11.6 Å². The van der Waals surface area contributed by atoms with Gasteiger partial charge in [-0.05, 0) is 43.2 Å². The number of imide groups is 1. The van der Waals surface area contributed by atoms with Gasteiger partial charge in [0.1, 0.15) is 11.4 Å². The smallest absolute Gasteiger partial charge is 0.319 e. The molecule has 0 spiro atoms. The van der Waals surface area contributed by atoms with E-state index in [1.54, 1.807) is 31.3 Å². The first-order valence-electron chi connectivity index (χ1n) is 8.63. The Hall–Kier alpha value is -3.28. The van der Waals surface area contributed by atoms with E-state index in [4.69, 9.17) is 0 Å². The van der Waals surface area contributed by atoms with Crippen molar-refractivity contribution in [3.8, 4) is 0 Å². The number of halogens is 1. The van der Waals surface area contributed by atoms with Gasteiger partial charge in [-0.25, -0.2) is 9.18 Å². The third-order valence-electron chi connectivity index (χ3n) is 5.03. The Labute approximate surface area is 155 Å². The standard InChI is InChI=1S/C21H18FN3O2/c1-13-5-8-15(9-6-13)21(2)19(26)25(20(27)24-21)12-14-7-10-17(22)16-4-3-11-23-18(14)16/h3-11H,12H2,1-2H3,(H,24,27). The number of carbonyl (C=O) groups is 2. The van der Waals surface area contributed by atoms with Crippen LogP contribution in [0.15, 0.2) is 54.7 Å². The Balaban J connectivity index is 1.70. The molecule has 2 aromatic carbocycles. The van der Waals surface area contributed by atoms with Crippen LogP contribution in [0.2, 0.25) is 0 Å². The van der Waals surface area contributed by atoms with Crippen molar-refractivity contribution in [3.05, 3.63) is 77.2 Å². The first-order chi connectivity index (χ1) is 12.9. The average Bonchev–Trinajstić information content (AvgIpc) is 2.88. The highest BCUT2D eigenvalue weighted by Gasteiger charge is 2.48.